The summed E-state index contributed by atoms with van der Waals surface area (Å²) < 4.78 is 10.7. The fraction of sp³-hybridized carbons (Fsp3) is 0.350. The van der Waals surface area contributed by atoms with Gasteiger partial charge in [-0.25, -0.2) is 4.79 Å². The van der Waals surface area contributed by atoms with E-state index >= 15 is 0 Å². The van der Waals surface area contributed by atoms with Crippen molar-refractivity contribution >= 4 is 6.09 Å². The van der Waals surface area contributed by atoms with Gasteiger partial charge in [0.25, 0.3) is 0 Å². The molecule has 0 spiro atoms. The molecule has 0 N–H and O–H groups in total. The number of hydrogen-bond acceptors (Lipinski definition) is 3. The van der Waals surface area contributed by atoms with E-state index in [1.165, 1.54) is 5.56 Å². The Bertz CT molecular complexity index is 664. The van der Waals surface area contributed by atoms with E-state index in [1.54, 1.807) is 12.0 Å². The van der Waals surface area contributed by atoms with Crippen molar-refractivity contribution < 1.29 is 14.3 Å². The summed E-state index contributed by atoms with van der Waals surface area (Å²) in [6.45, 7) is 1.79. The molecular weight excluding hydrogens is 302 g/mol. The second kappa shape index (κ2) is 7.86. The predicted octanol–water partition coefficient (Wildman–Crippen LogP) is 4.21. The van der Waals surface area contributed by atoms with Crippen LogP contribution < -0.4 is 4.74 Å². The molecule has 2 aromatic rings. The van der Waals surface area contributed by atoms with E-state index in [0.29, 0.717) is 12.5 Å². The normalized spacial score (nSPS) is 15.1. The minimum atomic E-state index is -0.219. The number of hydrogen-bond donors (Lipinski definition) is 0. The van der Waals surface area contributed by atoms with Crippen molar-refractivity contribution in [2.45, 2.75) is 25.4 Å². The van der Waals surface area contributed by atoms with Crippen LogP contribution >= 0.6 is 0 Å². The Hall–Kier alpha value is -2.49. The highest BCUT2D eigenvalue weighted by Crippen LogP contribution is 2.30. The maximum absolute atomic E-state index is 12.2. The van der Waals surface area contributed by atoms with Gasteiger partial charge in [-0.3, -0.25) is 0 Å². The lowest BCUT2D eigenvalue weighted by Crippen LogP contribution is -2.38. The van der Waals surface area contributed by atoms with Crippen LogP contribution in [0, 0.1) is 0 Å². The van der Waals surface area contributed by atoms with E-state index in [4.69, 9.17) is 9.47 Å². The van der Waals surface area contributed by atoms with E-state index in [9.17, 15) is 4.79 Å². The van der Waals surface area contributed by atoms with Crippen molar-refractivity contribution in [2.24, 2.45) is 0 Å². The molecule has 0 aliphatic carbocycles. The number of likely N-dealkylation sites (tertiary alicyclic amines) is 1. The summed E-state index contributed by atoms with van der Waals surface area (Å²) in [6.07, 6.45) is 1.68. The Morgan fingerprint density at radius 1 is 1.08 bits per heavy atom. The van der Waals surface area contributed by atoms with E-state index in [-0.39, 0.29) is 6.09 Å². The van der Waals surface area contributed by atoms with Crippen molar-refractivity contribution in [3.8, 4) is 5.75 Å². The molecule has 24 heavy (non-hydrogen) atoms. The van der Waals surface area contributed by atoms with Crippen LogP contribution in [0.1, 0.15) is 29.9 Å². The summed E-state index contributed by atoms with van der Waals surface area (Å²) in [5.74, 6) is 1.36. The molecule has 4 heteroatoms. The number of carbonyl (C=O) groups is 1. The van der Waals surface area contributed by atoms with Gasteiger partial charge in [-0.1, -0.05) is 42.5 Å². The minimum Gasteiger partial charge on any atom is -0.497 e. The molecule has 1 heterocycles. The number of methoxy groups -OCH3 is 1. The zero-order valence-corrected chi connectivity index (χ0v) is 14.0. The van der Waals surface area contributed by atoms with Gasteiger partial charge >= 0.3 is 6.09 Å². The monoisotopic (exact) mass is 325 g/mol. The second-order valence-corrected chi connectivity index (χ2v) is 6.08. The molecule has 0 unspecified atom stereocenters. The van der Waals surface area contributed by atoms with E-state index in [2.05, 4.69) is 12.1 Å². The van der Waals surface area contributed by atoms with Crippen LogP contribution in [0.15, 0.2) is 54.6 Å². The van der Waals surface area contributed by atoms with Gasteiger partial charge in [0.1, 0.15) is 12.4 Å². The molecule has 0 saturated carbocycles. The molecule has 4 nitrogen and oxygen atoms in total. The van der Waals surface area contributed by atoms with Gasteiger partial charge in [0.15, 0.2) is 0 Å². The van der Waals surface area contributed by atoms with Gasteiger partial charge in [0.05, 0.1) is 7.11 Å². The molecule has 0 radical (unpaired) electrons. The molecule has 2 aromatic carbocycles. The number of piperidine rings is 1. The van der Waals surface area contributed by atoms with Crippen LogP contribution in [0.5, 0.6) is 5.75 Å². The van der Waals surface area contributed by atoms with Gasteiger partial charge in [-0.15, -0.1) is 0 Å². The smallest absolute Gasteiger partial charge is 0.410 e. The predicted molar refractivity (Wildman–Crippen MR) is 93.2 cm³/mol. The highest BCUT2D eigenvalue weighted by atomic mass is 16.6. The first kappa shape index (κ1) is 16.4. The highest BCUT2D eigenvalue weighted by molar-refractivity contribution is 5.67. The average molecular weight is 325 g/mol. The third kappa shape index (κ3) is 4.07. The third-order valence-electron chi connectivity index (χ3n) is 4.52. The van der Waals surface area contributed by atoms with Crippen LogP contribution in [0.4, 0.5) is 4.79 Å². The topological polar surface area (TPSA) is 38.8 Å². The molecule has 1 aliphatic rings. The first-order chi connectivity index (χ1) is 11.8. The van der Waals surface area contributed by atoms with Gasteiger partial charge in [0, 0.05) is 13.1 Å². The van der Waals surface area contributed by atoms with Crippen LogP contribution in [0.25, 0.3) is 0 Å². The summed E-state index contributed by atoms with van der Waals surface area (Å²) in [5, 5.41) is 0. The fourth-order valence-electron chi connectivity index (χ4n) is 3.10. The molecule has 1 amide bonds. The molecule has 0 aromatic heterocycles. The lowest BCUT2D eigenvalue weighted by molar-refractivity contribution is 0.0870. The van der Waals surface area contributed by atoms with Crippen LogP contribution in [0.3, 0.4) is 0 Å². The van der Waals surface area contributed by atoms with Crippen molar-refractivity contribution in [1.29, 1.82) is 0 Å². The zero-order valence-electron chi connectivity index (χ0n) is 14.0. The molecule has 1 aliphatic heterocycles. The molecule has 126 valence electrons. The second-order valence-electron chi connectivity index (χ2n) is 6.08. The van der Waals surface area contributed by atoms with Gasteiger partial charge in [-0.2, -0.15) is 0 Å². The zero-order chi connectivity index (χ0) is 16.8. The van der Waals surface area contributed by atoms with Crippen molar-refractivity contribution in [2.75, 3.05) is 20.2 Å². The molecular formula is C20H23NO3. The maximum atomic E-state index is 12.2. The summed E-state index contributed by atoms with van der Waals surface area (Å²) in [5.41, 5.74) is 2.30. The van der Waals surface area contributed by atoms with Gasteiger partial charge < -0.3 is 14.4 Å². The summed E-state index contributed by atoms with van der Waals surface area (Å²) in [7, 11) is 1.68. The Labute approximate surface area is 143 Å². The number of amides is 1. The number of rotatable bonds is 4. The molecule has 1 saturated heterocycles. The quantitative estimate of drug-likeness (QED) is 0.845. The average Bonchev–Trinajstić information content (AvgIpc) is 2.67. The number of ether oxygens (including phenoxy) is 2. The first-order valence-corrected chi connectivity index (χ1v) is 8.36. The third-order valence-corrected chi connectivity index (χ3v) is 4.52. The lowest BCUT2D eigenvalue weighted by Gasteiger charge is -2.31. The minimum absolute atomic E-state index is 0.219. The Kier molecular flexibility index (Phi) is 5.36. The van der Waals surface area contributed by atoms with Crippen molar-refractivity contribution in [1.82, 2.24) is 4.90 Å². The fourth-order valence-corrected chi connectivity index (χ4v) is 3.10. The molecule has 1 fully saturated rings. The first-order valence-electron chi connectivity index (χ1n) is 8.36. The number of nitrogens with zero attached hydrogens (tertiary/aromatic N) is 1. The highest BCUT2D eigenvalue weighted by Gasteiger charge is 2.24. The summed E-state index contributed by atoms with van der Waals surface area (Å²) in [4.78, 5) is 14.0. The van der Waals surface area contributed by atoms with E-state index in [1.807, 2.05) is 42.5 Å². The Morgan fingerprint density at radius 3 is 2.54 bits per heavy atom. The van der Waals surface area contributed by atoms with Crippen LogP contribution in [-0.2, 0) is 11.3 Å². The molecule has 0 bridgehead atoms. The van der Waals surface area contributed by atoms with Crippen LogP contribution in [0.2, 0.25) is 0 Å². The van der Waals surface area contributed by atoms with Crippen LogP contribution in [-0.4, -0.2) is 31.2 Å². The Morgan fingerprint density at radius 2 is 1.83 bits per heavy atom. The van der Waals surface area contributed by atoms with E-state index < -0.39 is 0 Å². The summed E-state index contributed by atoms with van der Waals surface area (Å²) in [6, 6.07) is 18.0. The Balaban J connectivity index is 1.50. The van der Waals surface area contributed by atoms with Gasteiger partial charge in [0.2, 0.25) is 0 Å². The van der Waals surface area contributed by atoms with Crippen molar-refractivity contribution in [3.05, 3.63) is 65.7 Å². The molecule has 0 atom stereocenters. The van der Waals surface area contributed by atoms with Gasteiger partial charge in [-0.05, 0) is 42.0 Å². The maximum Gasteiger partial charge on any atom is 0.410 e. The SMILES string of the molecule is COc1cccc(C2CCN(C(=O)OCc3ccccc3)CC2)c1. The standard InChI is InChI=1S/C20H23NO3/c1-23-19-9-5-8-18(14-19)17-10-12-21(13-11-17)20(22)24-15-16-6-3-2-4-7-16/h2-9,14,17H,10-13,15H2,1H3. The molecule has 3 rings (SSSR count). The summed E-state index contributed by atoms with van der Waals surface area (Å²) >= 11 is 0. The van der Waals surface area contributed by atoms with E-state index in [0.717, 1.165) is 37.2 Å². The van der Waals surface area contributed by atoms with Crippen molar-refractivity contribution in [3.63, 3.8) is 0 Å². The number of carbonyl (C=O) groups excluding carboxylic acids is 1. The largest absolute Gasteiger partial charge is 0.497 e. The lowest BCUT2D eigenvalue weighted by atomic mass is 9.89. The number of benzene rings is 2.